The maximum atomic E-state index is 13.6. The van der Waals surface area contributed by atoms with E-state index in [9.17, 15) is 18.6 Å². The molecule has 3 rings (SSSR count). The van der Waals surface area contributed by atoms with Crippen LogP contribution in [0.5, 0.6) is 0 Å². The van der Waals surface area contributed by atoms with Gasteiger partial charge in [-0.2, -0.15) is 0 Å². The fourth-order valence-electron chi connectivity index (χ4n) is 2.86. The molecule has 3 aromatic rings. The van der Waals surface area contributed by atoms with Crippen LogP contribution in [0.2, 0.25) is 5.02 Å². The largest absolute Gasteiger partial charge is 0.344 e. The summed E-state index contributed by atoms with van der Waals surface area (Å²) in [5.41, 5.74) is 0.315. The van der Waals surface area contributed by atoms with Crippen LogP contribution in [0.1, 0.15) is 22.3 Å². The smallest absolute Gasteiger partial charge is 0.241 e. The highest BCUT2D eigenvalue weighted by Crippen LogP contribution is 2.54. The maximum absolute atomic E-state index is 13.6. The fourth-order valence-corrected chi connectivity index (χ4v) is 5.34. The number of carbonyl (C=O) groups is 1. The second-order valence-electron chi connectivity index (χ2n) is 6.53. The predicted octanol–water partition coefficient (Wildman–Crippen LogP) is 5.73. The van der Waals surface area contributed by atoms with Gasteiger partial charge in [0.05, 0.1) is 0 Å². The average molecular weight is 438 g/mol. The molecule has 2 atom stereocenters. The Hall–Kier alpha value is -1.98. The number of fused-ring (bicyclic) bond motifs is 1. The number of aryl methyl sites for hydroxylation is 1. The Morgan fingerprint density at radius 3 is 2.75 bits per heavy atom. The van der Waals surface area contributed by atoms with Crippen molar-refractivity contribution in [1.29, 1.82) is 0 Å². The molecular weight excluding hydrogens is 420 g/mol. The molecule has 1 aromatic heterocycles. The first kappa shape index (κ1) is 20.7. The lowest BCUT2D eigenvalue weighted by molar-refractivity contribution is -0.120. The highest BCUT2D eigenvalue weighted by molar-refractivity contribution is 7.58. The van der Waals surface area contributed by atoms with Crippen molar-refractivity contribution in [3.05, 3.63) is 75.5 Å². The molecule has 2 N–H and O–H groups in total. The molecule has 0 aliphatic heterocycles. The van der Waals surface area contributed by atoms with Crippen LogP contribution in [-0.2, 0) is 9.36 Å². The molecule has 1 heterocycles. The van der Waals surface area contributed by atoms with E-state index in [-0.39, 0.29) is 5.82 Å². The van der Waals surface area contributed by atoms with Gasteiger partial charge >= 0.3 is 0 Å². The van der Waals surface area contributed by atoms with Gasteiger partial charge in [-0.3, -0.25) is 9.36 Å². The van der Waals surface area contributed by atoms with Crippen molar-refractivity contribution in [2.24, 2.45) is 0 Å². The van der Waals surface area contributed by atoms with Gasteiger partial charge in [-0.05, 0) is 64.7 Å². The summed E-state index contributed by atoms with van der Waals surface area (Å²) in [6.07, 6.45) is 2.87. The van der Waals surface area contributed by atoms with Crippen molar-refractivity contribution in [1.82, 2.24) is 5.32 Å². The lowest BCUT2D eigenvalue weighted by Crippen LogP contribution is -2.25. The summed E-state index contributed by atoms with van der Waals surface area (Å²) in [6.45, 7) is 2.82. The zero-order valence-corrected chi connectivity index (χ0v) is 17.6. The molecule has 0 radical (unpaired) electrons. The third kappa shape index (κ3) is 4.53. The van der Waals surface area contributed by atoms with Crippen molar-refractivity contribution < 1.29 is 18.6 Å². The Balaban J connectivity index is 1.88. The van der Waals surface area contributed by atoms with Gasteiger partial charge < -0.3 is 10.2 Å². The maximum Gasteiger partial charge on any atom is 0.241 e. The monoisotopic (exact) mass is 437 g/mol. The highest BCUT2D eigenvalue weighted by Gasteiger charge is 2.36. The average Bonchev–Trinajstić information content (AvgIpc) is 3.00. The van der Waals surface area contributed by atoms with E-state index < -0.39 is 18.9 Å². The molecule has 0 aliphatic carbocycles. The van der Waals surface area contributed by atoms with Crippen molar-refractivity contribution in [3.8, 4) is 0 Å². The Kier molecular flexibility index (Phi) is 6.06. The molecule has 8 heteroatoms. The number of rotatable bonds is 5. The Morgan fingerprint density at radius 1 is 1.32 bits per heavy atom. The van der Waals surface area contributed by atoms with E-state index in [2.05, 4.69) is 5.32 Å². The molecule has 1 amide bonds. The number of amides is 1. The van der Waals surface area contributed by atoms with Crippen LogP contribution in [0.3, 0.4) is 0 Å². The van der Waals surface area contributed by atoms with E-state index in [4.69, 9.17) is 11.6 Å². The summed E-state index contributed by atoms with van der Waals surface area (Å²) in [4.78, 5) is 23.0. The van der Waals surface area contributed by atoms with Crippen molar-refractivity contribution in [2.75, 3.05) is 6.66 Å². The molecule has 0 saturated carbocycles. The van der Waals surface area contributed by atoms with E-state index in [1.807, 2.05) is 6.07 Å². The molecule has 0 bridgehead atoms. The number of benzene rings is 2. The van der Waals surface area contributed by atoms with E-state index in [1.54, 1.807) is 36.6 Å². The van der Waals surface area contributed by atoms with Gasteiger partial charge in [0.1, 0.15) is 11.5 Å². The molecule has 146 valence electrons. The van der Waals surface area contributed by atoms with Crippen molar-refractivity contribution in [3.63, 3.8) is 0 Å². The fraction of sp³-hybridized carbons (Fsp3) is 0.150. The van der Waals surface area contributed by atoms with Crippen LogP contribution in [0.4, 0.5) is 4.39 Å². The Bertz CT molecular complexity index is 1120. The second-order valence-corrected chi connectivity index (χ2v) is 10.3. The highest BCUT2D eigenvalue weighted by atomic mass is 35.5. The van der Waals surface area contributed by atoms with E-state index in [1.165, 1.54) is 29.7 Å². The Labute approximate surface area is 171 Å². The third-order valence-electron chi connectivity index (χ3n) is 4.28. The molecule has 2 aromatic carbocycles. The number of thiophene rings is 1. The first-order chi connectivity index (χ1) is 13.2. The first-order valence-corrected chi connectivity index (χ1v) is 11.8. The molecule has 4 nitrogen and oxygen atoms in total. The van der Waals surface area contributed by atoms with Crippen LogP contribution < -0.4 is 5.32 Å². The summed E-state index contributed by atoms with van der Waals surface area (Å²) >= 11 is 7.43. The van der Waals surface area contributed by atoms with Crippen molar-refractivity contribution >= 4 is 52.4 Å². The summed E-state index contributed by atoms with van der Waals surface area (Å²) in [5, 5.41) is 5.40. The van der Waals surface area contributed by atoms with Crippen LogP contribution in [0.15, 0.2) is 48.0 Å². The minimum Gasteiger partial charge on any atom is -0.344 e. The van der Waals surface area contributed by atoms with Gasteiger partial charge in [0.2, 0.25) is 13.3 Å². The first-order valence-electron chi connectivity index (χ1n) is 8.36. The third-order valence-corrected chi connectivity index (χ3v) is 6.97. The minimum atomic E-state index is -3.81. The normalized spacial score (nSPS) is 14.9. The SMILES string of the molecule is Cc1ccc(/C=C/NC(=O)C(c2csc3ccc(Cl)cc23)P(C)(=O)O)cc1F. The van der Waals surface area contributed by atoms with E-state index in [0.717, 1.165) is 11.4 Å². The lowest BCUT2D eigenvalue weighted by Gasteiger charge is -2.18. The molecule has 2 unspecified atom stereocenters. The van der Waals surface area contributed by atoms with Crippen LogP contribution in [0.25, 0.3) is 16.2 Å². The number of hydrogen-bond acceptors (Lipinski definition) is 3. The van der Waals surface area contributed by atoms with Crippen LogP contribution in [0, 0.1) is 12.7 Å². The lowest BCUT2D eigenvalue weighted by atomic mass is 10.1. The zero-order chi connectivity index (χ0) is 20.5. The summed E-state index contributed by atoms with van der Waals surface area (Å²) in [6, 6.07) is 9.92. The predicted molar refractivity (Wildman–Crippen MR) is 114 cm³/mol. The number of nitrogens with one attached hydrogen (secondary N) is 1. The molecule has 28 heavy (non-hydrogen) atoms. The second kappa shape index (κ2) is 8.18. The van der Waals surface area contributed by atoms with E-state index >= 15 is 0 Å². The molecular formula is C20H18ClFNO3PS. The number of hydrogen-bond donors (Lipinski definition) is 2. The zero-order valence-electron chi connectivity index (χ0n) is 15.1. The van der Waals surface area contributed by atoms with Gasteiger partial charge in [0.25, 0.3) is 0 Å². The molecule has 0 aliphatic rings. The van der Waals surface area contributed by atoms with Gasteiger partial charge in [-0.1, -0.05) is 23.7 Å². The summed E-state index contributed by atoms with van der Waals surface area (Å²) in [7, 11) is -3.81. The summed E-state index contributed by atoms with van der Waals surface area (Å²) in [5.74, 6) is -0.960. The van der Waals surface area contributed by atoms with Crippen LogP contribution >= 0.6 is 30.3 Å². The number of halogens is 2. The number of carbonyl (C=O) groups excluding carboxylic acids is 1. The van der Waals surface area contributed by atoms with Crippen molar-refractivity contribution in [2.45, 2.75) is 12.6 Å². The standard InChI is InChI=1S/C20H18ClFNO3PS/c1-12-3-4-13(9-17(12)22)7-8-23-20(24)19(27(2,25)26)16-11-28-18-6-5-14(21)10-15(16)18/h3-11,19H,1-2H3,(H,23,24)(H,25,26)/b8-7+. The van der Waals surface area contributed by atoms with E-state index in [0.29, 0.717) is 27.1 Å². The van der Waals surface area contributed by atoms with Gasteiger partial charge in [-0.15, -0.1) is 11.3 Å². The summed E-state index contributed by atoms with van der Waals surface area (Å²) < 4.78 is 27.0. The van der Waals surface area contributed by atoms with Gasteiger partial charge in [0.15, 0.2) is 0 Å². The molecule has 0 saturated heterocycles. The Morgan fingerprint density at radius 2 is 2.07 bits per heavy atom. The topological polar surface area (TPSA) is 66.4 Å². The van der Waals surface area contributed by atoms with Crippen LogP contribution in [-0.4, -0.2) is 17.5 Å². The van der Waals surface area contributed by atoms with Gasteiger partial charge in [-0.25, -0.2) is 4.39 Å². The minimum absolute atomic E-state index is 0.346. The molecule has 0 spiro atoms. The molecule has 0 fully saturated rings. The van der Waals surface area contributed by atoms with Gasteiger partial charge in [0, 0.05) is 22.6 Å². The quantitative estimate of drug-likeness (QED) is 0.501.